The smallest absolute Gasteiger partial charge is 0.321 e. The number of nitrogens with one attached hydrogen (secondary N) is 1. The number of pyridine rings is 1. The van der Waals surface area contributed by atoms with Crippen LogP contribution in [0.4, 0.5) is 10.5 Å². The first kappa shape index (κ1) is 18.3. The fourth-order valence-electron chi connectivity index (χ4n) is 2.45. The van der Waals surface area contributed by atoms with Crippen LogP contribution in [0.1, 0.15) is 0 Å². The van der Waals surface area contributed by atoms with Crippen molar-refractivity contribution in [2.24, 2.45) is 3.77 Å². The highest BCUT2D eigenvalue weighted by Crippen LogP contribution is 2.13. The Morgan fingerprint density at radius 2 is 2.04 bits per heavy atom. The third-order valence-electron chi connectivity index (χ3n) is 3.66. The van der Waals surface area contributed by atoms with Gasteiger partial charge in [-0.15, -0.1) is 3.77 Å². The molecular weight excluding hydrogens is 380 g/mol. The third-order valence-corrected chi connectivity index (χ3v) is 7.47. The predicted octanol–water partition coefficient (Wildman–Crippen LogP) is 0.542. The average molecular weight is 398 g/mol. The number of sulfonamides is 1. The summed E-state index contributed by atoms with van der Waals surface area (Å²) in [6.07, 6.45) is 5.83. The van der Waals surface area contributed by atoms with Gasteiger partial charge in [0.15, 0.2) is 5.82 Å². The minimum absolute atomic E-state index is 0.0317. The maximum Gasteiger partial charge on any atom is 0.321 e. The van der Waals surface area contributed by atoms with Gasteiger partial charge in [-0.2, -0.15) is 5.10 Å². The molecule has 2 aromatic heterocycles. The zero-order valence-electron chi connectivity index (χ0n) is 14.0. The zero-order valence-corrected chi connectivity index (χ0v) is 15.6. The third kappa shape index (κ3) is 4.58. The lowest BCUT2D eigenvalue weighted by Gasteiger charge is -2.28. The van der Waals surface area contributed by atoms with Crippen molar-refractivity contribution in [2.75, 3.05) is 36.2 Å². The molecule has 0 atom stereocenters. The second-order valence-corrected chi connectivity index (χ2v) is 10.2. The largest absolute Gasteiger partial charge is 0.323 e. The second kappa shape index (κ2) is 7.03. The van der Waals surface area contributed by atoms with E-state index >= 15 is 0 Å². The van der Waals surface area contributed by atoms with E-state index in [9.17, 15) is 17.4 Å². The summed E-state index contributed by atoms with van der Waals surface area (Å²) in [6, 6.07) is 4.84. The maximum absolute atomic E-state index is 12.4. The van der Waals surface area contributed by atoms with Gasteiger partial charge in [-0.3, -0.25) is 0 Å². The van der Waals surface area contributed by atoms with Gasteiger partial charge in [0.05, 0.1) is 39.4 Å². The number of rotatable bonds is 3. The molecule has 26 heavy (non-hydrogen) atoms. The number of urea groups is 1. The number of hydrogen-bond donors (Lipinski definition) is 1. The lowest BCUT2D eigenvalue weighted by atomic mass is 10.4. The van der Waals surface area contributed by atoms with E-state index in [4.69, 9.17) is 0 Å². The summed E-state index contributed by atoms with van der Waals surface area (Å²) in [5.41, 5.74) is 0.512. The molecular formula is C14H18N6O4S2. The number of hydrogen-bond acceptors (Lipinski definition) is 6. The number of carbonyl (C=O) groups excluding carboxylic acids is 1. The molecule has 1 aliphatic heterocycles. The summed E-state index contributed by atoms with van der Waals surface area (Å²) in [6.45, 7) is 0.338. The Morgan fingerprint density at radius 1 is 1.31 bits per heavy atom. The van der Waals surface area contributed by atoms with Gasteiger partial charge in [-0.25, -0.2) is 27.1 Å². The van der Waals surface area contributed by atoms with Gasteiger partial charge in [-0.05, 0) is 18.2 Å². The molecule has 0 aliphatic carbocycles. The molecule has 0 unspecified atom stereocenters. The molecule has 0 aromatic carbocycles. The quantitative estimate of drug-likeness (QED) is 0.804. The van der Waals surface area contributed by atoms with Crippen LogP contribution in [-0.4, -0.2) is 69.2 Å². The Kier molecular flexibility index (Phi) is 4.96. The van der Waals surface area contributed by atoms with Crippen molar-refractivity contribution in [2.45, 2.75) is 0 Å². The fraction of sp³-hybridized carbons (Fsp3) is 0.357. The number of carbonyl (C=O) groups is 1. The fourth-order valence-corrected chi connectivity index (χ4v) is 6.23. The second-order valence-electron chi connectivity index (χ2n) is 5.76. The Labute approximate surface area is 151 Å². The van der Waals surface area contributed by atoms with E-state index < -0.39 is 19.8 Å². The van der Waals surface area contributed by atoms with Crippen molar-refractivity contribution in [3.8, 4) is 5.82 Å². The van der Waals surface area contributed by atoms with Crippen molar-refractivity contribution >= 4 is 31.5 Å². The molecule has 1 fully saturated rings. The van der Waals surface area contributed by atoms with E-state index in [0.717, 1.165) is 6.26 Å². The Morgan fingerprint density at radius 3 is 2.58 bits per heavy atom. The van der Waals surface area contributed by atoms with Gasteiger partial charge in [-0.1, -0.05) is 0 Å². The Bertz CT molecular complexity index is 994. The van der Waals surface area contributed by atoms with Crippen LogP contribution in [-0.2, 0) is 19.8 Å². The van der Waals surface area contributed by atoms with Gasteiger partial charge < -0.3 is 10.2 Å². The highest BCUT2D eigenvalue weighted by molar-refractivity contribution is 8.03. The topological polar surface area (TPSA) is 127 Å². The van der Waals surface area contributed by atoms with Gasteiger partial charge in [0.25, 0.3) is 10.0 Å². The van der Waals surface area contributed by atoms with Crippen LogP contribution in [0.25, 0.3) is 5.82 Å². The van der Waals surface area contributed by atoms with Crippen LogP contribution in [0.3, 0.4) is 0 Å². The summed E-state index contributed by atoms with van der Waals surface area (Å²) < 4.78 is 39.9. The summed E-state index contributed by atoms with van der Waals surface area (Å²) in [7, 11) is -6.50. The number of nitrogens with zero attached hydrogens (tertiary/aromatic N) is 5. The van der Waals surface area contributed by atoms with E-state index in [1.165, 1.54) is 11.1 Å². The summed E-state index contributed by atoms with van der Waals surface area (Å²) in [5, 5.41) is 6.78. The van der Waals surface area contributed by atoms with E-state index in [1.54, 1.807) is 35.3 Å². The summed E-state index contributed by atoms with van der Waals surface area (Å²) >= 11 is 0. The molecule has 2 aromatic rings. The van der Waals surface area contributed by atoms with Crippen molar-refractivity contribution in [3.63, 3.8) is 0 Å². The predicted molar refractivity (Wildman–Crippen MR) is 97.1 cm³/mol. The molecule has 0 radical (unpaired) electrons. The first-order valence-corrected chi connectivity index (χ1v) is 11.4. The standard InChI is InChI=1S/C14H18N6O4S2/c1-25(22,23)18-26(24)9-7-19(8-10-26)14(21)17-12-3-4-13(15-11-12)20-6-2-5-16-20/h2-6,11H,7-10H2,1H3,(H,17,21). The first-order valence-electron chi connectivity index (χ1n) is 7.70. The molecule has 1 aliphatic rings. The van der Waals surface area contributed by atoms with Crippen LogP contribution in [0.2, 0.25) is 0 Å². The van der Waals surface area contributed by atoms with E-state index in [2.05, 4.69) is 19.2 Å². The van der Waals surface area contributed by atoms with Gasteiger partial charge >= 0.3 is 6.03 Å². The molecule has 0 saturated carbocycles. The van der Waals surface area contributed by atoms with Crippen molar-refractivity contribution < 1.29 is 17.4 Å². The van der Waals surface area contributed by atoms with Crippen molar-refractivity contribution in [1.29, 1.82) is 0 Å². The molecule has 12 heteroatoms. The van der Waals surface area contributed by atoms with Gasteiger partial charge in [0, 0.05) is 25.5 Å². The van der Waals surface area contributed by atoms with Crippen LogP contribution in [0.5, 0.6) is 0 Å². The normalized spacial score (nSPS) is 16.9. The molecule has 0 bridgehead atoms. The highest BCUT2D eigenvalue weighted by atomic mass is 32.3. The molecule has 3 rings (SSSR count). The summed E-state index contributed by atoms with van der Waals surface area (Å²) in [5.74, 6) is 0.682. The molecule has 3 heterocycles. The summed E-state index contributed by atoms with van der Waals surface area (Å²) in [4.78, 5) is 18.0. The SMILES string of the molecule is CS(=O)(=O)N=S1(=O)CCN(C(=O)Nc2ccc(-n3cccn3)nc2)CC1. The molecule has 2 amide bonds. The van der Waals surface area contributed by atoms with Gasteiger partial charge in [0.2, 0.25) is 0 Å². The molecule has 10 nitrogen and oxygen atoms in total. The monoisotopic (exact) mass is 398 g/mol. The zero-order chi connectivity index (χ0) is 18.8. The Balaban J connectivity index is 1.61. The minimum Gasteiger partial charge on any atom is -0.323 e. The lowest BCUT2D eigenvalue weighted by molar-refractivity contribution is 0.216. The minimum atomic E-state index is -3.68. The van der Waals surface area contributed by atoms with E-state index in [0.29, 0.717) is 11.5 Å². The number of aromatic nitrogens is 3. The highest BCUT2D eigenvalue weighted by Gasteiger charge is 2.25. The van der Waals surface area contributed by atoms with Crippen LogP contribution >= 0.6 is 0 Å². The number of amides is 2. The van der Waals surface area contributed by atoms with E-state index in [1.807, 2.05) is 0 Å². The molecule has 0 spiro atoms. The van der Waals surface area contributed by atoms with Crippen LogP contribution in [0.15, 0.2) is 40.6 Å². The van der Waals surface area contributed by atoms with Crippen LogP contribution < -0.4 is 5.32 Å². The van der Waals surface area contributed by atoms with E-state index in [-0.39, 0.29) is 30.6 Å². The van der Waals surface area contributed by atoms with Crippen LogP contribution in [0, 0.1) is 0 Å². The lowest BCUT2D eigenvalue weighted by Crippen LogP contribution is -2.45. The van der Waals surface area contributed by atoms with Crippen molar-refractivity contribution in [1.82, 2.24) is 19.7 Å². The molecule has 140 valence electrons. The molecule has 1 saturated heterocycles. The Hall–Kier alpha value is -2.47. The first-order chi connectivity index (χ1) is 12.2. The van der Waals surface area contributed by atoms with Crippen molar-refractivity contribution in [3.05, 3.63) is 36.8 Å². The molecule has 1 N–H and O–H groups in total. The maximum atomic E-state index is 12.4. The average Bonchev–Trinajstić information content (AvgIpc) is 3.08. The van der Waals surface area contributed by atoms with Gasteiger partial charge in [0.1, 0.15) is 0 Å². The number of anilines is 1.